The summed E-state index contributed by atoms with van der Waals surface area (Å²) in [6, 6.07) is 3.82. The zero-order valence-electron chi connectivity index (χ0n) is 9.44. The summed E-state index contributed by atoms with van der Waals surface area (Å²) in [6.07, 6.45) is 0. The predicted octanol–water partition coefficient (Wildman–Crippen LogP) is 2.84. The minimum absolute atomic E-state index is 0.545. The van der Waals surface area contributed by atoms with E-state index in [2.05, 4.69) is 9.36 Å². The van der Waals surface area contributed by atoms with Crippen molar-refractivity contribution in [2.24, 2.45) is 0 Å². The quantitative estimate of drug-likeness (QED) is 0.813. The first-order chi connectivity index (χ1) is 7.56. The van der Waals surface area contributed by atoms with Gasteiger partial charge in [0.05, 0.1) is 0 Å². The first-order valence-electron chi connectivity index (χ1n) is 4.91. The highest BCUT2D eigenvalue weighted by Gasteiger charge is 2.07. The number of rotatable bonds is 2. The number of hydrogen-bond donors (Lipinski definition) is 1. The lowest BCUT2D eigenvalue weighted by Crippen LogP contribution is -1.94. The molecular formula is C11H13N3OS. The molecule has 0 amide bonds. The number of benzene rings is 1. The standard InChI is InChI=1S/C11H13N3OS/c1-6-4-7(2)10(5-9(6)12)15-11-13-8(3)14-16-11/h4-5H,12H2,1-3H3. The van der Waals surface area contributed by atoms with Crippen LogP contribution >= 0.6 is 11.5 Å². The molecule has 0 unspecified atom stereocenters. The van der Waals surface area contributed by atoms with Gasteiger partial charge in [0.25, 0.3) is 5.19 Å². The van der Waals surface area contributed by atoms with Crippen LogP contribution in [0.5, 0.6) is 10.9 Å². The van der Waals surface area contributed by atoms with Crippen molar-refractivity contribution in [3.05, 3.63) is 29.1 Å². The molecule has 0 fully saturated rings. The molecule has 5 heteroatoms. The second-order valence-electron chi connectivity index (χ2n) is 3.68. The Bertz CT molecular complexity index is 522. The smallest absolute Gasteiger partial charge is 0.298 e. The molecule has 84 valence electrons. The van der Waals surface area contributed by atoms with E-state index in [1.54, 1.807) is 0 Å². The normalized spacial score (nSPS) is 10.4. The van der Waals surface area contributed by atoms with Gasteiger partial charge in [0, 0.05) is 23.3 Å². The summed E-state index contributed by atoms with van der Waals surface area (Å²) in [6.45, 7) is 5.79. The fraction of sp³-hybridized carbons (Fsp3) is 0.273. The molecule has 1 aromatic heterocycles. The molecule has 0 aliphatic heterocycles. The maximum Gasteiger partial charge on any atom is 0.298 e. The first-order valence-corrected chi connectivity index (χ1v) is 5.68. The van der Waals surface area contributed by atoms with Crippen LogP contribution in [0.4, 0.5) is 5.69 Å². The van der Waals surface area contributed by atoms with Crippen LogP contribution in [0.1, 0.15) is 17.0 Å². The van der Waals surface area contributed by atoms with Gasteiger partial charge in [0.1, 0.15) is 11.6 Å². The molecule has 0 aliphatic carbocycles. The van der Waals surface area contributed by atoms with Crippen LogP contribution in [-0.2, 0) is 0 Å². The molecular weight excluding hydrogens is 222 g/mol. The summed E-state index contributed by atoms with van der Waals surface area (Å²) in [4.78, 5) is 4.14. The highest BCUT2D eigenvalue weighted by atomic mass is 32.1. The lowest BCUT2D eigenvalue weighted by molar-refractivity contribution is 0.474. The molecule has 0 aliphatic rings. The number of nitrogen functional groups attached to an aromatic ring is 1. The average Bonchev–Trinajstić information content (AvgIpc) is 2.60. The number of nitrogens with two attached hydrogens (primary N) is 1. The summed E-state index contributed by atoms with van der Waals surface area (Å²) in [5, 5.41) is 0.545. The van der Waals surface area contributed by atoms with E-state index in [1.807, 2.05) is 32.9 Å². The van der Waals surface area contributed by atoms with E-state index in [-0.39, 0.29) is 0 Å². The van der Waals surface area contributed by atoms with E-state index in [1.165, 1.54) is 11.5 Å². The van der Waals surface area contributed by atoms with Crippen molar-refractivity contribution in [3.63, 3.8) is 0 Å². The van der Waals surface area contributed by atoms with Gasteiger partial charge in [-0.25, -0.2) is 0 Å². The Morgan fingerprint density at radius 2 is 1.94 bits per heavy atom. The van der Waals surface area contributed by atoms with Gasteiger partial charge in [-0.05, 0) is 31.9 Å². The Hall–Kier alpha value is -1.62. The lowest BCUT2D eigenvalue weighted by atomic mass is 10.1. The Kier molecular flexibility index (Phi) is 2.78. The number of nitrogens with zero attached hydrogens (tertiary/aromatic N) is 2. The van der Waals surface area contributed by atoms with Gasteiger partial charge < -0.3 is 10.5 Å². The zero-order chi connectivity index (χ0) is 11.7. The Labute approximate surface area is 98.3 Å². The summed E-state index contributed by atoms with van der Waals surface area (Å²) in [5.74, 6) is 1.46. The summed E-state index contributed by atoms with van der Waals surface area (Å²) in [5.41, 5.74) is 8.65. The van der Waals surface area contributed by atoms with Gasteiger partial charge in [-0.1, -0.05) is 6.07 Å². The highest BCUT2D eigenvalue weighted by Crippen LogP contribution is 2.29. The second-order valence-corrected chi connectivity index (χ2v) is 4.40. The fourth-order valence-corrected chi connectivity index (χ4v) is 1.92. The van der Waals surface area contributed by atoms with E-state index in [9.17, 15) is 0 Å². The van der Waals surface area contributed by atoms with Gasteiger partial charge in [-0.2, -0.15) is 9.36 Å². The molecule has 0 spiro atoms. The summed E-state index contributed by atoms with van der Waals surface area (Å²) < 4.78 is 9.69. The Morgan fingerprint density at radius 3 is 2.56 bits per heavy atom. The van der Waals surface area contributed by atoms with Crippen molar-refractivity contribution in [1.29, 1.82) is 0 Å². The van der Waals surface area contributed by atoms with Crippen LogP contribution in [0.3, 0.4) is 0 Å². The molecule has 2 N–H and O–H groups in total. The van der Waals surface area contributed by atoms with E-state index < -0.39 is 0 Å². The number of hydrogen-bond acceptors (Lipinski definition) is 5. The third-order valence-corrected chi connectivity index (χ3v) is 2.96. The topological polar surface area (TPSA) is 61.0 Å². The molecule has 0 saturated heterocycles. The van der Waals surface area contributed by atoms with Crippen LogP contribution in [0, 0.1) is 20.8 Å². The summed E-state index contributed by atoms with van der Waals surface area (Å²) in [7, 11) is 0. The molecule has 1 heterocycles. The van der Waals surface area contributed by atoms with Crippen molar-refractivity contribution in [3.8, 4) is 10.9 Å². The van der Waals surface area contributed by atoms with Crippen molar-refractivity contribution in [1.82, 2.24) is 9.36 Å². The number of aromatic nitrogens is 2. The van der Waals surface area contributed by atoms with E-state index in [0.29, 0.717) is 5.19 Å². The van der Waals surface area contributed by atoms with Gasteiger partial charge in [-0.15, -0.1) is 0 Å². The van der Waals surface area contributed by atoms with Crippen molar-refractivity contribution < 1.29 is 4.74 Å². The van der Waals surface area contributed by atoms with Crippen LogP contribution in [-0.4, -0.2) is 9.36 Å². The van der Waals surface area contributed by atoms with Gasteiger partial charge in [-0.3, -0.25) is 0 Å². The first kappa shape index (κ1) is 10.9. The van der Waals surface area contributed by atoms with Crippen molar-refractivity contribution in [2.45, 2.75) is 20.8 Å². The molecule has 2 aromatic rings. The molecule has 1 aromatic carbocycles. The van der Waals surface area contributed by atoms with Crippen LogP contribution in [0.2, 0.25) is 0 Å². The molecule has 16 heavy (non-hydrogen) atoms. The highest BCUT2D eigenvalue weighted by molar-refractivity contribution is 7.07. The van der Waals surface area contributed by atoms with Crippen LogP contribution in [0.25, 0.3) is 0 Å². The fourth-order valence-electron chi connectivity index (χ4n) is 1.37. The number of ether oxygens (including phenoxy) is 1. The van der Waals surface area contributed by atoms with Gasteiger partial charge in [0.15, 0.2) is 0 Å². The molecule has 0 saturated carbocycles. The molecule has 0 bridgehead atoms. The van der Waals surface area contributed by atoms with E-state index in [0.717, 1.165) is 28.4 Å². The second kappa shape index (κ2) is 4.09. The van der Waals surface area contributed by atoms with Crippen molar-refractivity contribution in [2.75, 3.05) is 5.73 Å². The third kappa shape index (κ3) is 2.14. The minimum Gasteiger partial charge on any atom is -0.429 e. The SMILES string of the molecule is Cc1nsc(Oc2cc(N)c(C)cc2C)n1. The predicted molar refractivity (Wildman–Crippen MR) is 65.0 cm³/mol. The van der Waals surface area contributed by atoms with Crippen LogP contribution in [0.15, 0.2) is 12.1 Å². The maximum absolute atomic E-state index is 5.84. The lowest BCUT2D eigenvalue weighted by Gasteiger charge is -2.08. The molecule has 2 rings (SSSR count). The molecule has 0 radical (unpaired) electrons. The van der Waals surface area contributed by atoms with Crippen LogP contribution < -0.4 is 10.5 Å². The number of aryl methyl sites for hydroxylation is 3. The minimum atomic E-state index is 0.545. The van der Waals surface area contributed by atoms with E-state index in [4.69, 9.17) is 10.5 Å². The third-order valence-electron chi connectivity index (χ3n) is 2.27. The monoisotopic (exact) mass is 235 g/mol. The summed E-state index contributed by atoms with van der Waals surface area (Å²) >= 11 is 1.24. The Balaban J connectivity index is 2.31. The van der Waals surface area contributed by atoms with Crippen molar-refractivity contribution >= 4 is 17.2 Å². The Morgan fingerprint density at radius 1 is 1.19 bits per heavy atom. The molecule has 4 nitrogen and oxygen atoms in total. The number of anilines is 1. The van der Waals surface area contributed by atoms with Gasteiger partial charge >= 0.3 is 0 Å². The van der Waals surface area contributed by atoms with Gasteiger partial charge in [0.2, 0.25) is 0 Å². The zero-order valence-corrected chi connectivity index (χ0v) is 10.3. The average molecular weight is 235 g/mol. The molecule has 0 atom stereocenters. The maximum atomic E-state index is 5.84. The van der Waals surface area contributed by atoms with E-state index >= 15 is 0 Å². The largest absolute Gasteiger partial charge is 0.429 e.